The van der Waals surface area contributed by atoms with E-state index in [1.165, 1.54) is 27.7 Å². The zero-order valence-electron chi connectivity index (χ0n) is 12.7. The van der Waals surface area contributed by atoms with Gasteiger partial charge in [-0.15, -0.1) is 0 Å². The van der Waals surface area contributed by atoms with Gasteiger partial charge in [0.1, 0.15) is 0 Å². The van der Waals surface area contributed by atoms with E-state index >= 15 is 0 Å². The maximum atomic E-state index is 3.50. The lowest BCUT2D eigenvalue weighted by atomic mass is 10.1. The number of rotatable bonds is 5. The molecule has 21 heavy (non-hydrogen) atoms. The van der Waals surface area contributed by atoms with Gasteiger partial charge in [0.05, 0.1) is 0 Å². The Morgan fingerprint density at radius 2 is 1.67 bits per heavy atom. The number of hydrogen-bond donors (Lipinski definition) is 2. The van der Waals surface area contributed by atoms with Gasteiger partial charge in [0, 0.05) is 24.3 Å². The first-order valence-corrected chi connectivity index (χ1v) is 7.58. The Kier molecular flexibility index (Phi) is 4.07. The molecule has 0 fully saturated rings. The van der Waals surface area contributed by atoms with Gasteiger partial charge in [0.15, 0.2) is 0 Å². The van der Waals surface area contributed by atoms with Crippen molar-refractivity contribution in [1.29, 1.82) is 0 Å². The molecule has 0 saturated heterocycles. The molecule has 0 aliphatic heterocycles. The van der Waals surface area contributed by atoms with E-state index in [1.54, 1.807) is 0 Å². The first-order valence-electron chi connectivity index (χ1n) is 7.58. The highest BCUT2D eigenvalue weighted by Crippen LogP contribution is 2.22. The SMILES string of the molecule is CC(C)c1cc2cc(CNCc3ccccc3)ccc2[nH]1. The molecule has 0 amide bonds. The average molecular weight is 278 g/mol. The number of fused-ring (bicyclic) bond motifs is 1. The van der Waals surface area contributed by atoms with Crippen LogP contribution in [-0.2, 0) is 13.1 Å². The minimum absolute atomic E-state index is 0.539. The van der Waals surface area contributed by atoms with Crippen molar-refractivity contribution >= 4 is 10.9 Å². The summed E-state index contributed by atoms with van der Waals surface area (Å²) in [5.74, 6) is 0.539. The summed E-state index contributed by atoms with van der Waals surface area (Å²) < 4.78 is 0. The third-order valence-corrected chi connectivity index (χ3v) is 3.83. The van der Waals surface area contributed by atoms with Gasteiger partial charge in [-0.1, -0.05) is 50.2 Å². The molecule has 108 valence electrons. The number of aromatic amines is 1. The predicted molar refractivity (Wildman–Crippen MR) is 89.4 cm³/mol. The van der Waals surface area contributed by atoms with Crippen LogP contribution in [0.4, 0.5) is 0 Å². The molecule has 0 aliphatic carbocycles. The van der Waals surface area contributed by atoms with Gasteiger partial charge in [-0.25, -0.2) is 0 Å². The largest absolute Gasteiger partial charge is 0.358 e. The van der Waals surface area contributed by atoms with Crippen molar-refractivity contribution < 1.29 is 0 Å². The number of H-pyrrole nitrogens is 1. The zero-order chi connectivity index (χ0) is 14.7. The molecule has 0 bridgehead atoms. The van der Waals surface area contributed by atoms with Crippen molar-refractivity contribution in [3.8, 4) is 0 Å². The lowest BCUT2D eigenvalue weighted by molar-refractivity contribution is 0.694. The molecular weight excluding hydrogens is 256 g/mol. The Morgan fingerprint density at radius 3 is 2.43 bits per heavy atom. The van der Waals surface area contributed by atoms with Crippen LogP contribution < -0.4 is 5.32 Å². The van der Waals surface area contributed by atoms with Crippen LogP contribution >= 0.6 is 0 Å². The molecule has 2 N–H and O–H groups in total. The van der Waals surface area contributed by atoms with Crippen molar-refractivity contribution in [2.75, 3.05) is 0 Å². The molecular formula is C19H22N2. The quantitative estimate of drug-likeness (QED) is 0.702. The number of aromatic nitrogens is 1. The number of hydrogen-bond acceptors (Lipinski definition) is 1. The molecule has 2 aromatic carbocycles. The molecule has 3 rings (SSSR count). The van der Waals surface area contributed by atoms with E-state index in [1.807, 2.05) is 0 Å². The van der Waals surface area contributed by atoms with Crippen LogP contribution in [0.3, 0.4) is 0 Å². The van der Waals surface area contributed by atoms with Gasteiger partial charge in [0.2, 0.25) is 0 Å². The Hall–Kier alpha value is -2.06. The van der Waals surface area contributed by atoms with E-state index in [-0.39, 0.29) is 0 Å². The lowest BCUT2D eigenvalue weighted by Crippen LogP contribution is -2.12. The van der Waals surface area contributed by atoms with Gasteiger partial charge in [0.25, 0.3) is 0 Å². The average Bonchev–Trinajstić information content (AvgIpc) is 2.92. The Balaban J connectivity index is 1.67. The summed E-state index contributed by atoms with van der Waals surface area (Å²) in [6.07, 6.45) is 0. The van der Waals surface area contributed by atoms with Crippen molar-refractivity contribution in [3.05, 3.63) is 71.4 Å². The summed E-state index contributed by atoms with van der Waals surface area (Å²) >= 11 is 0. The first kappa shape index (κ1) is 13.9. The Labute approximate surface area is 126 Å². The van der Waals surface area contributed by atoms with Crippen LogP contribution in [0.5, 0.6) is 0 Å². The Morgan fingerprint density at radius 1 is 0.905 bits per heavy atom. The second kappa shape index (κ2) is 6.15. The van der Waals surface area contributed by atoms with Crippen LogP contribution in [0.25, 0.3) is 10.9 Å². The van der Waals surface area contributed by atoms with Crippen molar-refractivity contribution in [3.63, 3.8) is 0 Å². The monoisotopic (exact) mass is 278 g/mol. The summed E-state index contributed by atoms with van der Waals surface area (Å²) in [6.45, 7) is 6.23. The van der Waals surface area contributed by atoms with Crippen LogP contribution in [0.2, 0.25) is 0 Å². The highest BCUT2D eigenvalue weighted by atomic mass is 14.8. The highest BCUT2D eigenvalue weighted by Gasteiger charge is 2.05. The second-order valence-corrected chi connectivity index (χ2v) is 5.89. The third-order valence-electron chi connectivity index (χ3n) is 3.83. The summed E-state index contributed by atoms with van der Waals surface area (Å²) in [5, 5.41) is 4.81. The van der Waals surface area contributed by atoms with Crippen LogP contribution in [-0.4, -0.2) is 4.98 Å². The maximum absolute atomic E-state index is 3.50. The highest BCUT2D eigenvalue weighted by molar-refractivity contribution is 5.81. The molecule has 2 heteroatoms. The summed E-state index contributed by atoms with van der Waals surface area (Å²) in [7, 11) is 0. The fraction of sp³-hybridized carbons (Fsp3) is 0.263. The normalized spacial score (nSPS) is 11.4. The molecule has 0 unspecified atom stereocenters. The van der Waals surface area contributed by atoms with Crippen LogP contribution in [0, 0.1) is 0 Å². The second-order valence-electron chi connectivity index (χ2n) is 5.89. The van der Waals surface area contributed by atoms with E-state index in [9.17, 15) is 0 Å². The molecule has 2 nitrogen and oxygen atoms in total. The van der Waals surface area contributed by atoms with Crippen molar-refractivity contribution in [1.82, 2.24) is 10.3 Å². The van der Waals surface area contributed by atoms with Gasteiger partial charge in [-0.3, -0.25) is 0 Å². The van der Waals surface area contributed by atoms with E-state index in [0.29, 0.717) is 5.92 Å². The predicted octanol–water partition coefficient (Wildman–Crippen LogP) is 4.58. The topological polar surface area (TPSA) is 27.8 Å². The molecule has 0 atom stereocenters. The molecule has 0 aliphatic rings. The number of benzene rings is 2. The van der Waals surface area contributed by atoms with E-state index < -0.39 is 0 Å². The van der Waals surface area contributed by atoms with Gasteiger partial charge in [-0.05, 0) is 40.6 Å². The summed E-state index contributed by atoms with van der Waals surface area (Å²) in [6, 6.07) is 19.4. The molecule has 1 aromatic heterocycles. The third kappa shape index (κ3) is 3.34. The van der Waals surface area contributed by atoms with E-state index in [4.69, 9.17) is 0 Å². The zero-order valence-corrected chi connectivity index (χ0v) is 12.7. The molecule has 0 spiro atoms. The maximum Gasteiger partial charge on any atom is 0.0456 e. The molecule has 1 heterocycles. The fourth-order valence-electron chi connectivity index (χ4n) is 2.57. The fourth-order valence-corrected chi connectivity index (χ4v) is 2.57. The van der Waals surface area contributed by atoms with Crippen molar-refractivity contribution in [2.45, 2.75) is 32.9 Å². The van der Waals surface area contributed by atoms with Crippen molar-refractivity contribution in [2.24, 2.45) is 0 Å². The first-order chi connectivity index (χ1) is 10.2. The van der Waals surface area contributed by atoms with Gasteiger partial charge >= 0.3 is 0 Å². The van der Waals surface area contributed by atoms with Crippen LogP contribution in [0.1, 0.15) is 36.6 Å². The summed E-state index contributed by atoms with van der Waals surface area (Å²) in [5.41, 5.74) is 5.18. The molecule has 0 radical (unpaired) electrons. The van der Waals surface area contributed by atoms with Crippen LogP contribution in [0.15, 0.2) is 54.6 Å². The minimum atomic E-state index is 0.539. The smallest absolute Gasteiger partial charge is 0.0456 e. The Bertz CT molecular complexity index is 711. The van der Waals surface area contributed by atoms with Gasteiger partial charge < -0.3 is 10.3 Å². The standard InChI is InChI=1S/C19H22N2/c1-14(2)19-11-17-10-16(8-9-18(17)21-19)13-20-12-15-6-4-3-5-7-15/h3-11,14,20-21H,12-13H2,1-2H3. The van der Waals surface area contributed by atoms with E-state index in [0.717, 1.165) is 13.1 Å². The molecule has 3 aromatic rings. The molecule has 0 saturated carbocycles. The van der Waals surface area contributed by atoms with Gasteiger partial charge in [-0.2, -0.15) is 0 Å². The minimum Gasteiger partial charge on any atom is -0.358 e. The number of nitrogens with one attached hydrogen (secondary N) is 2. The summed E-state index contributed by atoms with van der Waals surface area (Å²) in [4.78, 5) is 3.48. The lowest BCUT2D eigenvalue weighted by Gasteiger charge is -2.05. The van der Waals surface area contributed by atoms with E-state index in [2.05, 4.69) is 78.7 Å².